The topological polar surface area (TPSA) is 144 Å². The Morgan fingerprint density at radius 1 is 1.19 bits per heavy atom. The Kier molecular flexibility index (Phi) is 9.19. The van der Waals surface area contributed by atoms with Crippen molar-refractivity contribution in [3.8, 4) is 5.88 Å². The molecule has 11 nitrogen and oxygen atoms in total. The number of likely N-dealkylation sites (tertiary alicyclic amines) is 1. The first-order valence-corrected chi connectivity index (χ1v) is 11.9. The first kappa shape index (κ1) is 28.0. The van der Waals surface area contributed by atoms with Crippen molar-refractivity contribution in [2.24, 2.45) is 5.73 Å². The number of pyridine rings is 1. The molecule has 3 heterocycles. The zero-order valence-corrected chi connectivity index (χ0v) is 20.5. The van der Waals surface area contributed by atoms with Crippen molar-refractivity contribution in [3.05, 3.63) is 59.9 Å². The summed E-state index contributed by atoms with van der Waals surface area (Å²) < 4.78 is 13.4. The fourth-order valence-electron chi connectivity index (χ4n) is 3.86. The molecule has 2 aromatic heterocycles. The number of carbonyl (C=O) groups excluding carboxylic acids is 2. The minimum absolute atomic E-state index is 0. The lowest BCUT2D eigenvalue weighted by atomic mass is 10.1. The molecule has 1 aliphatic rings. The zero-order chi connectivity index (χ0) is 25.7. The summed E-state index contributed by atoms with van der Waals surface area (Å²) in [5, 5.41) is 21.1. The molecule has 11 heteroatoms. The Bertz CT molecular complexity index is 1190. The highest BCUT2D eigenvalue weighted by atomic mass is 16.5. The number of β-amino-alcohol motifs (C(OH)–C–C–N with tert-alkyl or cyclic N) is 1. The molecule has 2 amide bonds. The summed E-state index contributed by atoms with van der Waals surface area (Å²) in [6, 6.07) is 14.2. The number of ether oxygens (including phenoxy) is 2. The molecule has 1 saturated heterocycles. The van der Waals surface area contributed by atoms with E-state index >= 15 is 0 Å². The van der Waals surface area contributed by atoms with E-state index in [1.165, 1.54) is 0 Å². The first-order chi connectivity index (χ1) is 17.2. The van der Waals surface area contributed by atoms with Crippen molar-refractivity contribution in [1.29, 1.82) is 0 Å². The molecule has 3 aromatic rings. The van der Waals surface area contributed by atoms with Crippen LogP contribution in [-0.2, 0) is 20.9 Å². The van der Waals surface area contributed by atoms with Crippen LogP contribution in [-0.4, -0.2) is 74.4 Å². The van der Waals surface area contributed by atoms with Crippen molar-refractivity contribution < 1.29 is 24.2 Å². The molecule has 0 aliphatic carbocycles. The van der Waals surface area contributed by atoms with Crippen LogP contribution >= 0.6 is 0 Å². The molecule has 0 spiro atoms. The molecule has 200 valence electrons. The molecule has 0 saturated carbocycles. The number of benzene rings is 1. The minimum Gasteiger partial charge on any atom is -0.468 e. The number of aliphatic hydroxyl groups excluding tert-OH is 1. The maximum atomic E-state index is 12.8. The van der Waals surface area contributed by atoms with E-state index in [0.717, 1.165) is 5.56 Å². The van der Waals surface area contributed by atoms with Crippen LogP contribution in [0.3, 0.4) is 0 Å². The van der Waals surface area contributed by atoms with E-state index in [0.29, 0.717) is 43.5 Å². The quantitative estimate of drug-likeness (QED) is 0.370. The normalized spacial score (nSPS) is 16.3. The van der Waals surface area contributed by atoms with E-state index in [1.54, 1.807) is 41.3 Å². The SMILES string of the molecule is C.CC(C)(N)C(=O)N[C@H](COCc1ccccc1)c1nnc2cccc(OCC(=O)N3CC[C@@H](O)C3)n12. The molecule has 0 radical (unpaired) electrons. The monoisotopic (exact) mass is 512 g/mol. The maximum absolute atomic E-state index is 12.8. The summed E-state index contributed by atoms with van der Waals surface area (Å²) in [7, 11) is 0. The first-order valence-electron chi connectivity index (χ1n) is 11.9. The number of amides is 2. The number of aliphatic hydroxyl groups is 1. The van der Waals surface area contributed by atoms with Gasteiger partial charge in [-0.25, -0.2) is 4.40 Å². The van der Waals surface area contributed by atoms with Gasteiger partial charge in [-0.15, -0.1) is 10.2 Å². The zero-order valence-electron chi connectivity index (χ0n) is 20.5. The molecule has 2 atom stereocenters. The van der Waals surface area contributed by atoms with Crippen molar-refractivity contribution in [2.75, 3.05) is 26.3 Å². The average molecular weight is 513 g/mol. The number of hydrogen-bond acceptors (Lipinski definition) is 8. The lowest BCUT2D eigenvalue weighted by Gasteiger charge is -2.24. The molecule has 1 aliphatic heterocycles. The summed E-state index contributed by atoms with van der Waals surface area (Å²) in [6.45, 7) is 4.26. The summed E-state index contributed by atoms with van der Waals surface area (Å²) in [5.41, 5.74) is 6.37. The molecule has 0 bridgehead atoms. The van der Waals surface area contributed by atoms with Crippen LogP contribution < -0.4 is 15.8 Å². The van der Waals surface area contributed by atoms with Gasteiger partial charge in [-0.1, -0.05) is 43.8 Å². The molecule has 1 fully saturated rings. The molecular weight excluding hydrogens is 476 g/mol. The number of rotatable bonds is 10. The van der Waals surface area contributed by atoms with Crippen molar-refractivity contribution in [3.63, 3.8) is 0 Å². The van der Waals surface area contributed by atoms with E-state index in [-0.39, 0.29) is 32.5 Å². The van der Waals surface area contributed by atoms with Gasteiger partial charge in [0, 0.05) is 13.1 Å². The number of nitrogens with zero attached hydrogens (tertiary/aromatic N) is 4. The van der Waals surface area contributed by atoms with Gasteiger partial charge in [-0.2, -0.15) is 0 Å². The molecular formula is C26H36N6O5. The number of carbonyl (C=O) groups is 2. The van der Waals surface area contributed by atoms with Crippen LogP contribution in [0.5, 0.6) is 5.88 Å². The molecule has 1 aromatic carbocycles. The Balaban J connectivity index is 0.00000380. The van der Waals surface area contributed by atoms with Crippen molar-refractivity contribution in [1.82, 2.24) is 24.8 Å². The van der Waals surface area contributed by atoms with Gasteiger partial charge in [0.1, 0.15) is 6.04 Å². The Hall–Kier alpha value is -3.54. The fraction of sp³-hybridized carbons (Fsp3) is 0.462. The van der Waals surface area contributed by atoms with E-state index < -0.39 is 17.7 Å². The van der Waals surface area contributed by atoms with E-state index in [2.05, 4.69) is 15.5 Å². The lowest BCUT2D eigenvalue weighted by Crippen LogP contribution is -2.51. The van der Waals surface area contributed by atoms with Gasteiger partial charge in [0.2, 0.25) is 11.8 Å². The van der Waals surface area contributed by atoms with Gasteiger partial charge in [0.15, 0.2) is 18.1 Å². The maximum Gasteiger partial charge on any atom is 0.260 e. The van der Waals surface area contributed by atoms with E-state index in [1.807, 2.05) is 30.3 Å². The number of hydrogen-bond donors (Lipinski definition) is 3. The lowest BCUT2D eigenvalue weighted by molar-refractivity contribution is -0.132. The Morgan fingerprint density at radius 3 is 2.62 bits per heavy atom. The average Bonchev–Trinajstić information content (AvgIpc) is 3.48. The van der Waals surface area contributed by atoms with E-state index in [9.17, 15) is 14.7 Å². The molecule has 37 heavy (non-hydrogen) atoms. The van der Waals surface area contributed by atoms with Crippen LogP contribution in [0.25, 0.3) is 5.65 Å². The van der Waals surface area contributed by atoms with Crippen LogP contribution in [0, 0.1) is 0 Å². The minimum atomic E-state index is -1.12. The van der Waals surface area contributed by atoms with E-state index in [4.69, 9.17) is 15.2 Å². The summed E-state index contributed by atoms with van der Waals surface area (Å²) in [4.78, 5) is 26.9. The van der Waals surface area contributed by atoms with Gasteiger partial charge >= 0.3 is 0 Å². The van der Waals surface area contributed by atoms with Gasteiger partial charge in [-0.05, 0) is 38.0 Å². The second-order valence-corrected chi connectivity index (χ2v) is 9.44. The second-order valence-electron chi connectivity index (χ2n) is 9.44. The van der Waals surface area contributed by atoms with Gasteiger partial charge < -0.3 is 30.5 Å². The number of nitrogens with two attached hydrogens (primary N) is 1. The van der Waals surface area contributed by atoms with Crippen molar-refractivity contribution in [2.45, 2.75) is 52.0 Å². The largest absolute Gasteiger partial charge is 0.468 e. The number of aromatic nitrogens is 3. The highest BCUT2D eigenvalue weighted by molar-refractivity contribution is 5.85. The summed E-state index contributed by atoms with van der Waals surface area (Å²) in [6.07, 6.45) is 0.0487. The predicted molar refractivity (Wildman–Crippen MR) is 138 cm³/mol. The summed E-state index contributed by atoms with van der Waals surface area (Å²) >= 11 is 0. The molecule has 4 N–H and O–H groups in total. The third kappa shape index (κ3) is 7.03. The fourth-order valence-corrected chi connectivity index (χ4v) is 3.86. The second kappa shape index (κ2) is 12.1. The third-order valence-corrected chi connectivity index (χ3v) is 5.88. The highest BCUT2D eigenvalue weighted by Gasteiger charge is 2.29. The Labute approximate surface area is 216 Å². The van der Waals surface area contributed by atoms with Crippen LogP contribution in [0.15, 0.2) is 48.5 Å². The van der Waals surface area contributed by atoms with Gasteiger partial charge in [0.05, 0.1) is 24.9 Å². The number of nitrogens with one attached hydrogen (secondary N) is 1. The third-order valence-electron chi connectivity index (χ3n) is 5.88. The highest BCUT2D eigenvalue weighted by Crippen LogP contribution is 2.22. The van der Waals surface area contributed by atoms with Crippen LogP contribution in [0.2, 0.25) is 0 Å². The van der Waals surface area contributed by atoms with Crippen LogP contribution in [0.1, 0.15) is 45.1 Å². The molecule has 4 rings (SSSR count). The van der Waals surface area contributed by atoms with Gasteiger partial charge in [0.25, 0.3) is 5.91 Å². The van der Waals surface area contributed by atoms with Crippen LogP contribution in [0.4, 0.5) is 0 Å². The predicted octanol–water partition coefficient (Wildman–Crippen LogP) is 1.45. The number of fused-ring (bicyclic) bond motifs is 1. The molecule has 0 unspecified atom stereocenters. The van der Waals surface area contributed by atoms with Crippen molar-refractivity contribution >= 4 is 17.5 Å². The standard InChI is InChI=1S/C25H32N6O5.CH4/c1-25(2,26)24(34)27-19(15-35-14-17-7-4-3-5-8-17)23-29-28-20-9-6-10-22(31(20)23)36-16-21(33)30-12-11-18(32)13-30;/h3-10,18-19,32H,11-16,26H2,1-2H3,(H,27,34);1H4/t18-,19-;/m1./s1. The smallest absolute Gasteiger partial charge is 0.260 e. The Morgan fingerprint density at radius 2 is 1.95 bits per heavy atom. The summed E-state index contributed by atoms with van der Waals surface area (Å²) in [5.74, 6) is 0.123. The van der Waals surface area contributed by atoms with Gasteiger partial charge in [-0.3, -0.25) is 9.59 Å².